The van der Waals surface area contributed by atoms with Crippen molar-refractivity contribution in [1.82, 2.24) is 5.32 Å². The molecule has 1 aromatic carbocycles. The minimum Gasteiger partial charge on any atom is -0.372 e. The van der Waals surface area contributed by atoms with Gasteiger partial charge in [-0.1, -0.05) is 26.0 Å². The van der Waals surface area contributed by atoms with Crippen LogP contribution in [-0.4, -0.2) is 26.2 Å². The van der Waals surface area contributed by atoms with E-state index in [9.17, 15) is 4.39 Å². The maximum Gasteiger partial charge on any atom is 0.146 e. The number of para-hydroxylation sites is 1. The average molecular weight is 250 g/mol. The molecule has 0 bridgehead atoms. The standard InChI is InChI=1S/C15H23FN2/c1-15(2,10-17-12-8-9-12)11-18(3)14-7-5-4-6-13(14)16/h4-7,12,17H,8-11H2,1-3H3. The predicted molar refractivity (Wildman–Crippen MR) is 74.5 cm³/mol. The molecular formula is C15H23FN2. The fourth-order valence-electron chi connectivity index (χ4n) is 2.25. The summed E-state index contributed by atoms with van der Waals surface area (Å²) < 4.78 is 13.7. The van der Waals surface area contributed by atoms with Crippen LogP contribution in [0.4, 0.5) is 10.1 Å². The Hall–Kier alpha value is -1.09. The van der Waals surface area contributed by atoms with E-state index in [0.29, 0.717) is 5.69 Å². The molecule has 0 atom stereocenters. The van der Waals surface area contributed by atoms with Crippen LogP contribution in [0.3, 0.4) is 0 Å². The molecule has 2 rings (SSSR count). The Bertz CT molecular complexity index is 399. The van der Waals surface area contributed by atoms with Crippen LogP contribution < -0.4 is 10.2 Å². The molecule has 0 spiro atoms. The van der Waals surface area contributed by atoms with E-state index in [4.69, 9.17) is 0 Å². The zero-order valence-corrected chi connectivity index (χ0v) is 11.5. The normalized spacial score (nSPS) is 15.8. The van der Waals surface area contributed by atoms with Gasteiger partial charge in [-0.05, 0) is 30.4 Å². The monoisotopic (exact) mass is 250 g/mol. The molecular weight excluding hydrogens is 227 g/mol. The third kappa shape index (κ3) is 3.70. The van der Waals surface area contributed by atoms with Crippen LogP contribution in [0, 0.1) is 11.2 Å². The maximum absolute atomic E-state index is 13.7. The Morgan fingerprint density at radius 3 is 2.61 bits per heavy atom. The second kappa shape index (κ2) is 5.27. The lowest BCUT2D eigenvalue weighted by Crippen LogP contribution is -2.40. The smallest absolute Gasteiger partial charge is 0.146 e. The quantitative estimate of drug-likeness (QED) is 0.835. The molecule has 0 aromatic heterocycles. The number of anilines is 1. The van der Waals surface area contributed by atoms with Gasteiger partial charge in [-0.25, -0.2) is 4.39 Å². The molecule has 1 saturated carbocycles. The van der Waals surface area contributed by atoms with Crippen molar-refractivity contribution < 1.29 is 4.39 Å². The van der Waals surface area contributed by atoms with Gasteiger partial charge in [0.25, 0.3) is 0 Å². The highest BCUT2D eigenvalue weighted by Gasteiger charge is 2.26. The molecule has 100 valence electrons. The highest BCUT2D eigenvalue weighted by molar-refractivity contribution is 5.46. The zero-order chi connectivity index (χ0) is 13.2. The second-order valence-electron chi connectivity index (χ2n) is 6.13. The molecule has 1 N–H and O–H groups in total. The number of hydrogen-bond acceptors (Lipinski definition) is 2. The number of hydrogen-bond donors (Lipinski definition) is 1. The first kappa shape index (κ1) is 13.3. The van der Waals surface area contributed by atoms with Crippen molar-refractivity contribution in [3.05, 3.63) is 30.1 Å². The lowest BCUT2D eigenvalue weighted by molar-refractivity contribution is 0.344. The van der Waals surface area contributed by atoms with Gasteiger partial charge in [0, 0.05) is 26.2 Å². The number of rotatable bonds is 6. The van der Waals surface area contributed by atoms with Crippen LogP contribution in [0.15, 0.2) is 24.3 Å². The van der Waals surface area contributed by atoms with Crippen LogP contribution in [0.25, 0.3) is 0 Å². The third-order valence-corrected chi connectivity index (χ3v) is 3.38. The highest BCUT2D eigenvalue weighted by atomic mass is 19.1. The molecule has 1 fully saturated rings. The molecule has 0 amide bonds. The summed E-state index contributed by atoms with van der Waals surface area (Å²) in [6.07, 6.45) is 2.61. The van der Waals surface area contributed by atoms with Gasteiger partial charge >= 0.3 is 0 Å². The fraction of sp³-hybridized carbons (Fsp3) is 0.600. The summed E-state index contributed by atoms with van der Waals surface area (Å²) in [4.78, 5) is 2.00. The van der Waals surface area contributed by atoms with E-state index >= 15 is 0 Å². The lowest BCUT2D eigenvalue weighted by atomic mass is 9.92. The topological polar surface area (TPSA) is 15.3 Å². The molecule has 3 heteroatoms. The van der Waals surface area contributed by atoms with Gasteiger partial charge in [-0.2, -0.15) is 0 Å². The molecule has 18 heavy (non-hydrogen) atoms. The van der Waals surface area contributed by atoms with Gasteiger partial charge in [-0.3, -0.25) is 0 Å². The van der Waals surface area contributed by atoms with Gasteiger partial charge in [0.05, 0.1) is 5.69 Å². The second-order valence-corrected chi connectivity index (χ2v) is 6.13. The van der Waals surface area contributed by atoms with Crippen molar-refractivity contribution in [2.75, 3.05) is 25.0 Å². The molecule has 0 aliphatic heterocycles. The van der Waals surface area contributed by atoms with Crippen LogP contribution in [0.1, 0.15) is 26.7 Å². The summed E-state index contributed by atoms with van der Waals surface area (Å²) in [5, 5.41) is 3.55. The lowest BCUT2D eigenvalue weighted by Gasteiger charge is -2.32. The van der Waals surface area contributed by atoms with Crippen LogP contribution in [0.5, 0.6) is 0 Å². The van der Waals surface area contributed by atoms with Crippen molar-refractivity contribution >= 4 is 5.69 Å². The van der Waals surface area contributed by atoms with E-state index in [1.54, 1.807) is 6.07 Å². The van der Waals surface area contributed by atoms with Crippen molar-refractivity contribution in [2.24, 2.45) is 5.41 Å². The molecule has 0 heterocycles. The molecule has 1 aliphatic rings. The van der Waals surface area contributed by atoms with Crippen LogP contribution in [-0.2, 0) is 0 Å². The van der Waals surface area contributed by atoms with Crippen molar-refractivity contribution in [3.8, 4) is 0 Å². The van der Waals surface area contributed by atoms with Gasteiger partial charge in [0.15, 0.2) is 0 Å². The molecule has 1 aliphatic carbocycles. The molecule has 0 unspecified atom stereocenters. The Balaban J connectivity index is 1.92. The summed E-state index contributed by atoms with van der Waals surface area (Å²) in [5.41, 5.74) is 0.816. The van der Waals surface area contributed by atoms with E-state index in [0.717, 1.165) is 19.1 Å². The minimum absolute atomic E-state index is 0.139. The predicted octanol–water partition coefficient (Wildman–Crippen LogP) is 3.04. The number of nitrogens with one attached hydrogen (secondary N) is 1. The Morgan fingerprint density at radius 2 is 2.00 bits per heavy atom. The summed E-state index contributed by atoms with van der Waals surface area (Å²) in [6, 6.07) is 7.68. The van der Waals surface area contributed by atoms with Crippen molar-refractivity contribution in [3.63, 3.8) is 0 Å². The molecule has 2 nitrogen and oxygen atoms in total. The summed E-state index contributed by atoms with van der Waals surface area (Å²) >= 11 is 0. The first-order valence-corrected chi connectivity index (χ1v) is 6.67. The summed E-state index contributed by atoms with van der Waals surface area (Å²) in [6.45, 7) is 6.27. The summed E-state index contributed by atoms with van der Waals surface area (Å²) in [5.74, 6) is -0.147. The average Bonchev–Trinajstić information content (AvgIpc) is 3.10. The van der Waals surface area contributed by atoms with E-state index in [-0.39, 0.29) is 11.2 Å². The van der Waals surface area contributed by atoms with Crippen LogP contribution >= 0.6 is 0 Å². The largest absolute Gasteiger partial charge is 0.372 e. The first-order valence-electron chi connectivity index (χ1n) is 6.67. The van der Waals surface area contributed by atoms with Crippen LogP contribution in [0.2, 0.25) is 0 Å². The van der Waals surface area contributed by atoms with Gasteiger partial charge in [0.1, 0.15) is 5.82 Å². The summed E-state index contributed by atoms with van der Waals surface area (Å²) in [7, 11) is 1.96. The van der Waals surface area contributed by atoms with Crippen molar-refractivity contribution in [1.29, 1.82) is 0 Å². The minimum atomic E-state index is -0.147. The first-order chi connectivity index (χ1) is 8.48. The molecule has 0 radical (unpaired) electrons. The van der Waals surface area contributed by atoms with E-state index in [1.165, 1.54) is 18.9 Å². The van der Waals surface area contributed by atoms with Crippen molar-refractivity contribution in [2.45, 2.75) is 32.7 Å². The third-order valence-electron chi connectivity index (χ3n) is 3.38. The van der Waals surface area contributed by atoms with Gasteiger partial charge in [-0.15, -0.1) is 0 Å². The number of halogens is 1. The van der Waals surface area contributed by atoms with E-state index < -0.39 is 0 Å². The number of nitrogens with zero attached hydrogens (tertiary/aromatic N) is 1. The zero-order valence-electron chi connectivity index (χ0n) is 11.5. The Kier molecular flexibility index (Phi) is 3.91. The van der Waals surface area contributed by atoms with E-state index in [2.05, 4.69) is 19.2 Å². The SMILES string of the molecule is CN(CC(C)(C)CNC1CC1)c1ccccc1F. The Morgan fingerprint density at radius 1 is 1.33 bits per heavy atom. The molecule has 1 aromatic rings. The Labute approximate surface area is 109 Å². The fourth-order valence-corrected chi connectivity index (χ4v) is 2.25. The maximum atomic E-state index is 13.7. The highest BCUT2D eigenvalue weighted by Crippen LogP contribution is 2.25. The van der Waals surface area contributed by atoms with E-state index in [1.807, 2.05) is 24.1 Å². The number of benzene rings is 1. The van der Waals surface area contributed by atoms with Gasteiger partial charge < -0.3 is 10.2 Å². The van der Waals surface area contributed by atoms with Gasteiger partial charge in [0.2, 0.25) is 0 Å². The molecule has 0 saturated heterocycles.